The normalized spacial score (nSPS) is 10.4. The summed E-state index contributed by atoms with van der Waals surface area (Å²) in [6.45, 7) is 0. The van der Waals surface area contributed by atoms with Crippen LogP contribution in [0.2, 0.25) is 0 Å². The van der Waals surface area contributed by atoms with Crippen molar-refractivity contribution in [2.24, 2.45) is 0 Å². The molecule has 1 heteroatoms. The van der Waals surface area contributed by atoms with E-state index in [1.165, 1.54) is 15.7 Å². The van der Waals surface area contributed by atoms with Gasteiger partial charge in [0.15, 0.2) is 0 Å². The number of rotatable bonds is 1. The van der Waals surface area contributed by atoms with Gasteiger partial charge in [-0.05, 0) is 29.2 Å². The minimum Gasteiger partial charge on any atom is -0.129 e. The minimum absolute atomic E-state index is 1.20. The van der Waals surface area contributed by atoms with E-state index in [4.69, 9.17) is 0 Å². The van der Waals surface area contributed by atoms with Crippen LogP contribution in [0.3, 0.4) is 0 Å². The first-order valence-electron chi connectivity index (χ1n) is 3.85. The van der Waals surface area contributed by atoms with Crippen LogP contribution in [0.4, 0.5) is 0 Å². The van der Waals surface area contributed by atoms with Gasteiger partial charge in [-0.25, -0.2) is 0 Å². The third-order valence-electron chi connectivity index (χ3n) is 1.89. The summed E-state index contributed by atoms with van der Waals surface area (Å²) < 4.78 is 0. The molecule has 0 N–H and O–H groups in total. The summed E-state index contributed by atoms with van der Waals surface area (Å²) in [5.41, 5.74) is 0. The summed E-state index contributed by atoms with van der Waals surface area (Å²) in [7, 11) is 0. The predicted octanol–water partition coefficient (Wildman–Crippen LogP) is 3.36. The molecule has 0 aliphatic heterocycles. The van der Waals surface area contributed by atoms with Gasteiger partial charge in [-0.15, -0.1) is 11.8 Å². The fourth-order valence-corrected chi connectivity index (χ4v) is 1.90. The smallest absolute Gasteiger partial charge is 0.0148 e. The quantitative estimate of drug-likeness (QED) is 0.596. The highest BCUT2D eigenvalue weighted by Crippen LogP contribution is 2.24. The maximum absolute atomic E-state index is 3.21. The Labute approximate surface area is 76.6 Å². The van der Waals surface area contributed by atoms with Gasteiger partial charge in [0.2, 0.25) is 0 Å². The Morgan fingerprint density at radius 1 is 1.17 bits per heavy atom. The van der Waals surface area contributed by atoms with Gasteiger partial charge in [0, 0.05) is 4.90 Å². The van der Waals surface area contributed by atoms with E-state index in [1.807, 2.05) is 12.1 Å². The van der Waals surface area contributed by atoms with Crippen molar-refractivity contribution in [2.45, 2.75) is 4.90 Å². The fourth-order valence-electron chi connectivity index (χ4n) is 1.30. The van der Waals surface area contributed by atoms with Gasteiger partial charge in [0.05, 0.1) is 0 Å². The second kappa shape index (κ2) is 3.20. The molecule has 0 heterocycles. The lowest BCUT2D eigenvalue weighted by Crippen LogP contribution is -1.75. The van der Waals surface area contributed by atoms with Crippen LogP contribution in [0.1, 0.15) is 0 Å². The standard InChI is InChI=1S/C11H9S/c1-12-11-8-4-6-9-5-2-3-7-10(9)11/h2-5,7-8H,1H3. The molecule has 0 amide bonds. The molecule has 2 aromatic rings. The van der Waals surface area contributed by atoms with Gasteiger partial charge in [-0.2, -0.15) is 0 Å². The average molecular weight is 173 g/mol. The Kier molecular flexibility index (Phi) is 2.05. The van der Waals surface area contributed by atoms with Crippen molar-refractivity contribution in [3.8, 4) is 0 Å². The third-order valence-corrected chi connectivity index (χ3v) is 2.68. The topological polar surface area (TPSA) is 0 Å². The Balaban J connectivity index is 2.79. The van der Waals surface area contributed by atoms with Gasteiger partial charge in [0.25, 0.3) is 0 Å². The van der Waals surface area contributed by atoms with Crippen LogP contribution in [-0.2, 0) is 0 Å². The van der Waals surface area contributed by atoms with E-state index in [0.29, 0.717) is 0 Å². The first-order valence-corrected chi connectivity index (χ1v) is 5.08. The van der Waals surface area contributed by atoms with Crippen molar-refractivity contribution >= 4 is 22.5 Å². The average Bonchev–Trinajstić information content (AvgIpc) is 2.17. The molecule has 12 heavy (non-hydrogen) atoms. The summed E-state index contributed by atoms with van der Waals surface area (Å²) in [6, 6.07) is 15.6. The van der Waals surface area contributed by atoms with E-state index in [0.717, 1.165) is 0 Å². The molecule has 0 aromatic heterocycles. The van der Waals surface area contributed by atoms with Gasteiger partial charge >= 0.3 is 0 Å². The maximum atomic E-state index is 3.21. The Morgan fingerprint density at radius 2 is 2.00 bits per heavy atom. The second-order valence-corrected chi connectivity index (χ2v) is 3.44. The summed E-state index contributed by atoms with van der Waals surface area (Å²) in [5, 5.41) is 2.50. The number of fused-ring (bicyclic) bond motifs is 1. The first kappa shape index (κ1) is 7.69. The van der Waals surface area contributed by atoms with Crippen LogP contribution in [0, 0.1) is 6.07 Å². The number of benzene rings is 2. The Hall–Kier alpha value is -0.950. The van der Waals surface area contributed by atoms with Crippen molar-refractivity contribution < 1.29 is 0 Å². The van der Waals surface area contributed by atoms with Crippen molar-refractivity contribution in [3.63, 3.8) is 0 Å². The van der Waals surface area contributed by atoms with Crippen molar-refractivity contribution in [2.75, 3.05) is 6.26 Å². The summed E-state index contributed by atoms with van der Waals surface area (Å²) in [4.78, 5) is 1.32. The molecule has 59 valence electrons. The Morgan fingerprint density at radius 3 is 2.83 bits per heavy atom. The van der Waals surface area contributed by atoms with E-state index >= 15 is 0 Å². The third kappa shape index (κ3) is 1.21. The molecule has 2 rings (SSSR count). The van der Waals surface area contributed by atoms with E-state index in [1.54, 1.807) is 11.8 Å². The van der Waals surface area contributed by atoms with Crippen LogP contribution >= 0.6 is 11.8 Å². The molecular formula is C11H9S. The van der Waals surface area contributed by atoms with E-state index in [2.05, 4.69) is 36.6 Å². The van der Waals surface area contributed by atoms with Crippen LogP contribution in [0.15, 0.2) is 41.3 Å². The van der Waals surface area contributed by atoms with E-state index in [9.17, 15) is 0 Å². The van der Waals surface area contributed by atoms with E-state index < -0.39 is 0 Å². The predicted molar refractivity (Wildman–Crippen MR) is 54.6 cm³/mol. The molecule has 1 radical (unpaired) electrons. The SMILES string of the molecule is CSc1cc[c]c2ccccc12. The van der Waals surface area contributed by atoms with Gasteiger partial charge in [-0.3, -0.25) is 0 Å². The highest BCUT2D eigenvalue weighted by Gasteiger charge is 1.96. The molecule has 0 aliphatic carbocycles. The molecular weight excluding hydrogens is 164 g/mol. The first-order chi connectivity index (χ1) is 5.92. The molecule has 0 saturated carbocycles. The zero-order valence-electron chi connectivity index (χ0n) is 6.87. The molecule has 0 bridgehead atoms. The molecule has 0 saturated heterocycles. The zero-order valence-corrected chi connectivity index (χ0v) is 7.69. The Bertz CT molecular complexity index is 388. The summed E-state index contributed by atoms with van der Waals surface area (Å²) in [5.74, 6) is 0. The molecule has 0 unspecified atom stereocenters. The molecule has 0 spiro atoms. The highest BCUT2D eigenvalue weighted by atomic mass is 32.2. The second-order valence-electron chi connectivity index (χ2n) is 2.59. The van der Waals surface area contributed by atoms with Crippen LogP contribution in [0.25, 0.3) is 10.8 Å². The molecule has 0 nitrogen and oxygen atoms in total. The summed E-state index contributed by atoms with van der Waals surface area (Å²) in [6.07, 6.45) is 2.10. The number of hydrogen-bond donors (Lipinski definition) is 0. The maximum Gasteiger partial charge on any atom is 0.0148 e. The van der Waals surface area contributed by atoms with Crippen molar-refractivity contribution in [1.82, 2.24) is 0 Å². The van der Waals surface area contributed by atoms with Crippen molar-refractivity contribution in [3.05, 3.63) is 42.5 Å². The lowest BCUT2D eigenvalue weighted by molar-refractivity contribution is 1.54. The fraction of sp³-hybridized carbons (Fsp3) is 0.0909. The van der Waals surface area contributed by atoms with Gasteiger partial charge in [0.1, 0.15) is 0 Å². The molecule has 0 aliphatic rings. The highest BCUT2D eigenvalue weighted by molar-refractivity contribution is 7.98. The summed E-state index contributed by atoms with van der Waals surface area (Å²) >= 11 is 1.78. The zero-order chi connectivity index (χ0) is 8.39. The lowest BCUT2D eigenvalue weighted by Gasteiger charge is -2.01. The van der Waals surface area contributed by atoms with Gasteiger partial charge in [-0.1, -0.05) is 30.3 Å². The lowest BCUT2D eigenvalue weighted by atomic mass is 10.1. The number of hydrogen-bond acceptors (Lipinski definition) is 1. The van der Waals surface area contributed by atoms with E-state index in [-0.39, 0.29) is 0 Å². The van der Waals surface area contributed by atoms with Crippen LogP contribution < -0.4 is 0 Å². The molecule has 0 atom stereocenters. The van der Waals surface area contributed by atoms with Crippen molar-refractivity contribution in [1.29, 1.82) is 0 Å². The van der Waals surface area contributed by atoms with Crippen LogP contribution in [0.5, 0.6) is 0 Å². The largest absolute Gasteiger partial charge is 0.129 e. The van der Waals surface area contributed by atoms with Gasteiger partial charge < -0.3 is 0 Å². The molecule has 2 aromatic carbocycles. The minimum atomic E-state index is 1.20. The number of thioether (sulfide) groups is 1. The monoisotopic (exact) mass is 173 g/mol. The van der Waals surface area contributed by atoms with Crippen LogP contribution in [-0.4, -0.2) is 6.26 Å². The molecule has 0 fully saturated rings.